The van der Waals surface area contributed by atoms with Gasteiger partial charge in [0.05, 0.1) is 30.0 Å². The first-order valence-electron chi connectivity index (χ1n) is 12.9. The van der Waals surface area contributed by atoms with E-state index in [0.717, 1.165) is 57.3 Å². The molecule has 208 valence electrons. The third-order valence-corrected chi connectivity index (χ3v) is 6.80. The highest BCUT2D eigenvalue weighted by molar-refractivity contribution is 5.84. The molecule has 0 saturated heterocycles. The Morgan fingerprint density at radius 2 is 1.74 bits per heavy atom. The molecule has 4 nitrogen and oxygen atoms in total. The van der Waals surface area contributed by atoms with Gasteiger partial charge >= 0.3 is 6.18 Å². The van der Waals surface area contributed by atoms with E-state index in [2.05, 4.69) is 31.5 Å². The number of aromatic nitrogens is 2. The minimum atomic E-state index is -4.55. The predicted molar refractivity (Wildman–Crippen MR) is 146 cm³/mol. The highest BCUT2D eigenvalue weighted by Gasteiger charge is 2.51. The van der Waals surface area contributed by atoms with Crippen molar-refractivity contribution in [2.24, 2.45) is 5.41 Å². The monoisotopic (exact) mass is 542 g/mol. The number of aryl methyl sites for hydroxylation is 2. The summed E-state index contributed by atoms with van der Waals surface area (Å²) in [5.74, 6) is -1.32. The third kappa shape index (κ3) is 6.91. The Morgan fingerprint density at radius 1 is 1.05 bits per heavy atom. The molecule has 0 atom stereocenters. The Balaban J connectivity index is 1.76. The van der Waals surface area contributed by atoms with Crippen molar-refractivity contribution in [3.05, 3.63) is 83.0 Å². The van der Waals surface area contributed by atoms with E-state index in [1.165, 1.54) is 23.3 Å². The number of allylic oxidation sites excluding steroid dienone is 3. The van der Waals surface area contributed by atoms with Crippen molar-refractivity contribution < 1.29 is 27.1 Å². The van der Waals surface area contributed by atoms with Crippen molar-refractivity contribution in [1.82, 2.24) is 9.97 Å². The Hall–Kier alpha value is -3.55. The van der Waals surface area contributed by atoms with Crippen LogP contribution in [0, 0.1) is 11.2 Å². The van der Waals surface area contributed by atoms with Crippen LogP contribution < -0.4 is 0 Å². The number of benzene rings is 2. The van der Waals surface area contributed by atoms with Gasteiger partial charge in [-0.05, 0) is 73.2 Å². The summed E-state index contributed by atoms with van der Waals surface area (Å²) in [7, 11) is 1.14. The van der Waals surface area contributed by atoms with Crippen LogP contribution in [0.1, 0.15) is 57.2 Å². The van der Waals surface area contributed by atoms with Crippen LogP contribution in [-0.2, 0) is 28.8 Å². The molecular weight excluding hydrogens is 508 g/mol. The maximum atomic E-state index is 15.0. The lowest BCUT2D eigenvalue weighted by atomic mass is 9.88. The quantitative estimate of drug-likeness (QED) is 0.139. The topological polar surface area (TPSA) is 52.1 Å². The van der Waals surface area contributed by atoms with Gasteiger partial charge in [-0.25, -0.2) is 9.37 Å². The van der Waals surface area contributed by atoms with E-state index < -0.39 is 17.4 Å². The van der Waals surface area contributed by atoms with Crippen LogP contribution in [0.4, 0.5) is 17.6 Å². The number of ketones is 1. The van der Waals surface area contributed by atoms with Crippen LogP contribution >= 0.6 is 0 Å². The molecule has 0 unspecified atom stereocenters. The van der Waals surface area contributed by atoms with Crippen LogP contribution in [0.15, 0.2) is 60.5 Å². The molecule has 0 bridgehead atoms. The zero-order valence-electron chi connectivity index (χ0n) is 23.0. The largest absolute Gasteiger partial charge is 0.500 e. The van der Waals surface area contributed by atoms with Crippen LogP contribution in [0.3, 0.4) is 0 Å². The standard InChI is InChI=1S/C31H34F4N2O2/c1-7-9-21-17-26-27(16-20(21)8-2)37-28(18-36-26)23-11-10-22(25(32)15-23)14-24(38)12-19(3)13-29(39-6)30(4,5)31(33,34)35/h10-11,13,15-18H,3,7-9,12,14H2,1-2,4-6H3/b29-13-. The summed E-state index contributed by atoms with van der Waals surface area (Å²) < 4.78 is 60.0. The number of halogens is 4. The van der Waals surface area contributed by atoms with Gasteiger partial charge in [-0.1, -0.05) is 39.0 Å². The molecule has 0 aliphatic carbocycles. The number of carbonyl (C=O) groups excluding carboxylic acids is 1. The molecule has 0 amide bonds. The predicted octanol–water partition coefficient (Wildman–Crippen LogP) is 8.13. The van der Waals surface area contributed by atoms with E-state index in [1.54, 1.807) is 12.3 Å². The summed E-state index contributed by atoms with van der Waals surface area (Å²) in [5.41, 5.74) is 3.11. The minimum absolute atomic E-state index is 0.145. The fraction of sp³-hybridized carbons (Fsp3) is 0.387. The summed E-state index contributed by atoms with van der Waals surface area (Å²) in [6.45, 7) is 9.90. The maximum Gasteiger partial charge on any atom is 0.400 e. The Morgan fingerprint density at radius 3 is 2.33 bits per heavy atom. The lowest BCUT2D eigenvalue weighted by Gasteiger charge is -2.29. The summed E-state index contributed by atoms with van der Waals surface area (Å²) in [6.07, 6.45) is 0.600. The highest BCUT2D eigenvalue weighted by atomic mass is 19.4. The van der Waals surface area contributed by atoms with Crippen LogP contribution in [-0.4, -0.2) is 29.0 Å². The van der Waals surface area contributed by atoms with E-state index in [1.807, 2.05) is 6.07 Å². The zero-order chi connectivity index (χ0) is 29.0. The number of hydrogen-bond acceptors (Lipinski definition) is 4. The molecule has 0 aliphatic rings. The van der Waals surface area contributed by atoms with Gasteiger partial charge in [0.1, 0.15) is 22.8 Å². The summed E-state index contributed by atoms with van der Waals surface area (Å²) in [5, 5.41) is 0. The third-order valence-electron chi connectivity index (χ3n) is 6.80. The molecule has 2 aromatic carbocycles. The number of fused-ring (bicyclic) bond motifs is 1. The lowest BCUT2D eigenvalue weighted by molar-refractivity contribution is -0.208. The summed E-state index contributed by atoms with van der Waals surface area (Å²) in [4.78, 5) is 21.8. The number of hydrogen-bond donors (Lipinski definition) is 0. The van der Waals surface area contributed by atoms with E-state index in [9.17, 15) is 22.4 Å². The molecule has 0 radical (unpaired) electrons. The SMILES string of the molecule is C=C(/C=C(\OC)C(C)(C)C(F)(F)F)CC(=O)Cc1ccc(-c2cnc3cc(CCC)c(CC)cc3n2)cc1F. The zero-order valence-corrected chi connectivity index (χ0v) is 23.0. The first-order chi connectivity index (χ1) is 18.3. The van der Waals surface area contributed by atoms with Crippen LogP contribution in [0.5, 0.6) is 0 Å². The molecule has 8 heteroatoms. The van der Waals surface area contributed by atoms with E-state index in [4.69, 9.17) is 9.72 Å². The van der Waals surface area contributed by atoms with Gasteiger partial charge in [-0.15, -0.1) is 0 Å². The molecule has 39 heavy (non-hydrogen) atoms. The molecule has 0 spiro atoms. The average molecular weight is 543 g/mol. The second-order valence-electron chi connectivity index (χ2n) is 10.2. The average Bonchev–Trinajstić information content (AvgIpc) is 2.87. The van der Waals surface area contributed by atoms with Gasteiger partial charge in [0, 0.05) is 18.4 Å². The maximum absolute atomic E-state index is 15.0. The highest BCUT2D eigenvalue weighted by Crippen LogP contribution is 2.44. The number of rotatable bonds is 11. The van der Waals surface area contributed by atoms with Gasteiger partial charge in [0.2, 0.25) is 0 Å². The smallest absolute Gasteiger partial charge is 0.400 e. The molecular formula is C31H34F4N2O2. The number of Topliss-reactive ketones (excluding diaryl/α,β-unsaturated/α-hetero) is 1. The Bertz CT molecular complexity index is 1410. The van der Waals surface area contributed by atoms with Crippen molar-refractivity contribution >= 4 is 16.8 Å². The van der Waals surface area contributed by atoms with Crippen molar-refractivity contribution in [1.29, 1.82) is 0 Å². The summed E-state index contributed by atoms with van der Waals surface area (Å²) in [6, 6.07) is 8.60. The fourth-order valence-corrected chi connectivity index (χ4v) is 4.36. The number of alkyl halides is 3. The molecule has 0 saturated carbocycles. The van der Waals surface area contributed by atoms with Crippen molar-refractivity contribution in [2.75, 3.05) is 7.11 Å². The Labute approximate surface area is 226 Å². The molecule has 3 rings (SSSR count). The van der Waals surface area contributed by atoms with Gasteiger partial charge in [0.15, 0.2) is 0 Å². The van der Waals surface area contributed by atoms with Crippen molar-refractivity contribution in [3.63, 3.8) is 0 Å². The second-order valence-corrected chi connectivity index (χ2v) is 10.2. The lowest BCUT2D eigenvalue weighted by Crippen LogP contribution is -2.34. The first kappa shape index (κ1) is 30.0. The number of carbonyl (C=O) groups is 1. The minimum Gasteiger partial charge on any atom is -0.500 e. The molecule has 3 aromatic rings. The number of methoxy groups -OCH3 is 1. The molecule has 0 N–H and O–H groups in total. The van der Waals surface area contributed by atoms with E-state index in [-0.39, 0.29) is 35.5 Å². The van der Waals surface area contributed by atoms with Crippen molar-refractivity contribution in [2.45, 2.75) is 66.0 Å². The number of nitrogens with zero attached hydrogens (tertiary/aromatic N) is 2. The summed E-state index contributed by atoms with van der Waals surface area (Å²) >= 11 is 0. The van der Waals surface area contributed by atoms with E-state index in [0.29, 0.717) is 11.3 Å². The molecule has 1 aromatic heterocycles. The van der Waals surface area contributed by atoms with Crippen LogP contribution in [0.2, 0.25) is 0 Å². The van der Waals surface area contributed by atoms with E-state index >= 15 is 0 Å². The molecule has 1 heterocycles. The number of ether oxygens (including phenoxy) is 1. The van der Waals surface area contributed by atoms with Gasteiger partial charge in [0.25, 0.3) is 0 Å². The van der Waals surface area contributed by atoms with Crippen LogP contribution in [0.25, 0.3) is 22.3 Å². The molecule has 0 fully saturated rings. The van der Waals surface area contributed by atoms with Crippen molar-refractivity contribution in [3.8, 4) is 11.3 Å². The Kier molecular flexibility index (Phi) is 9.30. The van der Waals surface area contributed by atoms with Gasteiger partial charge in [-0.3, -0.25) is 9.78 Å². The molecule has 0 aliphatic heterocycles. The van der Waals surface area contributed by atoms with Gasteiger partial charge < -0.3 is 4.74 Å². The second kappa shape index (κ2) is 12.1. The normalized spacial score (nSPS) is 12.6. The fourth-order valence-electron chi connectivity index (χ4n) is 4.36. The van der Waals surface area contributed by atoms with Gasteiger partial charge in [-0.2, -0.15) is 13.2 Å². The first-order valence-corrected chi connectivity index (χ1v) is 12.9.